The summed E-state index contributed by atoms with van der Waals surface area (Å²) in [6.45, 7) is 3.01. The highest BCUT2D eigenvalue weighted by molar-refractivity contribution is 6.06. The second-order valence-electron chi connectivity index (χ2n) is 7.75. The Hall–Kier alpha value is -3.84. The smallest absolute Gasteiger partial charge is 0.333 e. The lowest BCUT2D eigenvalue weighted by Gasteiger charge is -2.15. The molecule has 1 aliphatic heterocycles. The Bertz CT molecular complexity index is 1250. The second-order valence-corrected chi connectivity index (χ2v) is 7.75. The molecular formula is C26H23NO6. The van der Waals surface area contributed by atoms with E-state index in [0.717, 1.165) is 22.4 Å². The molecule has 0 saturated carbocycles. The van der Waals surface area contributed by atoms with Crippen molar-refractivity contribution in [3.8, 4) is 17.2 Å². The number of benzene rings is 2. The van der Waals surface area contributed by atoms with E-state index >= 15 is 0 Å². The number of pyridine rings is 1. The molecule has 7 nitrogen and oxygen atoms in total. The van der Waals surface area contributed by atoms with Crippen molar-refractivity contribution in [3.63, 3.8) is 0 Å². The van der Waals surface area contributed by atoms with E-state index in [4.69, 9.17) is 23.9 Å². The lowest BCUT2D eigenvalue weighted by molar-refractivity contribution is -0.132. The number of carboxylic acids is 1. The third-order valence-electron chi connectivity index (χ3n) is 5.88. The Labute approximate surface area is 191 Å². The van der Waals surface area contributed by atoms with Crippen molar-refractivity contribution in [2.24, 2.45) is 0 Å². The monoisotopic (exact) mass is 445 g/mol. The predicted octanol–water partition coefficient (Wildman–Crippen LogP) is 4.39. The first kappa shape index (κ1) is 21.0. The average molecular weight is 445 g/mol. The standard InChI is InChI=1S/C26H23NO6/c1-3-31-13-17-7-10-19-22(16-6-11-20-21(12-16)33-14-32-20)24(26(28)29)23(25(19)27-17)15-4-8-18(30-2)9-5-15/h4-12,22H,3,13-14H2,1-2H3,(H,28,29)/t22-/m0/s1. The van der Waals surface area contributed by atoms with Gasteiger partial charge in [0.05, 0.1) is 30.7 Å². The molecule has 0 unspecified atom stereocenters. The number of aliphatic carboxylic acids is 1. The normalized spacial score (nSPS) is 16.1. The molecule has 0 spiro atoms. The molecule has 0 fully saturated rings. The van der Waals surface area contributed by atoms with E-state index in [9.17, 15) is 9.90 Å². The van der Waals surface area contributed by atoms with E-state index in [1.807, 2.05) is 61.5 Å². The highest BCUT2D eigenvalue weighted by atomic mass is 16.7. The summed E-state index contributed by atoms with van der Waals surface area (Å²) in [5, 5.41) is 10.4. The van der Waals surface area contributed by atoms with Crippen LogP contribution in [-0.4, -0.2) is 36.6 Å². The van der Waals surface area contributed by atoms with Crippen LogP contribution in [0.2, 0.25) is 0 Å². The van der Waals surface area contributed by atoms with Gasteiger partial charge in [-0.2, -0.15) is 0 Å². The highest BCUT2D eigenvalue weighted by Crippen LogP contribution is 2.49. The van der Waals surface area contributed by atoms with Crippen LogP contribution >= 0.6 is 0 Å². The van der Waals surface area contributed by atoms with Crippen LogP contribution in [0.15, 0.2) is 60.2 Å². The third kappa shape index (κ3) is 3.70. The molecule has 7 heteroatoms. The summed E-state index contributed by atoms with van der Waals surface area (Å²) in [7, 11) is 1.60. The van der Waals surface area contributed by atoms with Crippen LogP contribution in [0.4, 0.5) is 0 Å². The molecule has 33 heavy (non-hydrogen) atoms. The van der Waals surface area contributed by atoms with Crippen LogP contribution in [-0.2, 0) is 16.1 Å². The summed E-state index contributed by atoms with van der Waals surface area (Å²) in [5.41, 5.74) is 4.67. The summed E-state index contributed by atoms with van der Waals surface area (Å²) < 4.78 is 21.8. The molecule has 0 bridgehead atoms. The van der Waals surface area contributed by atoms with Gasteiger partial charge in [0.2, 0.25) is 6.79 Å². The molecule has 5 rings (SSSR count). The van der Waals surface area contributed by atoms with Gasteiger partial charge in [0.15, 0.2) is 11.5 Å². The van der Waals surface area contributed by atoms with Crippen LogP contribution < -0.4 is 14.2 Å². The summed E-state index contributed by atoms with van der Waals surface area (Å²) in [6, 6.07) is 16.8. The van der Waals surface area contributed by atoms with Gasteiger partial charge in [0.25, 0.3) is 0 Å². The number of ether oxygens (including phenoxy) is 4. The summed E-state index contributed by atoms with van der Waals surface area (Å²) in [5.74, 6) is 0.460. The number of carbonyl (C=O) groups is 1. The van der Waals surface area contributed by atoms with Crippen LogP contribution in [0.1, 0.15) is 40.9 Å². The molecule has 2 aliphatic rings. The molecule has 1 aromatic heterocycles. The first-order chi connectivity index (χ1) is 16.1. The first-order valence-electron chi connectivity index (χ1n) is 10.7. The number of rotatable bonds is 7. The molecule has 168 valence electrons. The van der Waals surface area contributed by atoms with Gasteiger partial charge < -0.3 is 24.1 Å². The Morgan fingerprint density at radius 1 is 1.09 bits per heavy atom. The second kappa shape index (κ2) is 8.60. The largest absolute Gasteiger partial charge is 0.497 e. The molecule has 1 aliphatic carbocycles. The Balaban J connectivity index is 1.71. The zero-order chi connectivity index (χ0) is 22.9. The number of carboxylic acid groups (broad SMARTS) is 1. The van der Waals surface area contributed by atoms with Gasteiger partial charge in [-0.1, -0.05) is 24.3 Å². The number of aromatic nitrogens is 1. The molecular weight excluding hydrogens is 422 g/mol. The zero-order valence-electron chi connectivity index (χ0n) is 18.3. The molecule has 2 aromatic carbocycles. The van der Waals surface area contributed by atoms with Crippen LogP contribution in [0.5, 0.6) is 17.2 Å². The van der Waals surface area contributed by atoms with Gasteiger partial charge in [-0.3, -0.25) is 4.98 Å². The van der Waals surface area contributed by atoms with E-state index in [1.54, 1.807) is 7.11 Å². The Morgan fingerprint density at radius 2 is 1.88 bits per heavy atom. The molecule has 3 aromatic rings. The fraction of sp³-hybridized carbons (Fsp3) is 0.231. The van der Waals surface area contributed by atoms with E-state index in [-0.39, 0.29) is 12.4 Å². The zero-order valence-corrected chi connectivity index (χ0v) is 18.3. The highest BCUT2D eigenvalue weighted by Gasteiger charge is 2.38. The number of nitrogens with zero attached hydrogens (tertiary/aromatic N) is 1. The molecule has 0 saturated heterocycles. The van der Waals surface area contributed by atoms with Crippen LogP contribution in [0.25, 0.3) is 5.57 Å². The minimum Gasteiger partial charge on any atom is -0.497 e. The van der Waals surface area contributed by atoms with Gasteiger partial charge in [-0.15, -0.1) is 0 Å². The lowest BCUT2D eigenvalue weighted by Crippen LogP contribution is -2.10. The SMILES string of the molecule is CCOCc1ccc2c(n1)C(c1ccc(OC)cc1)=C(C(=O)O)[C@H]2c1ccc2c(c1)OCO2. The van der Waals surface area contributed by atoms with Gasteiger partial charge in [-0.25, -0.2) is 4.79 Å². The lowest BCUT2D eigenvalue weighted by atomic mass is 9.88. The van der Waals surface area contributed by atoms with Crippen molar-refractivity contribution in [1.82, 2.24) is 4.98 Å². The quantitative estimate of drug-likeness (QED) is 0.577. The van der Waals surface area contributed by atoms with E-state index in [2.05, 4.69) is 0 Å². The van der Waals surface area contributed by atoms with Gasteiger partial charge in [-0.05, 0) is 53.9 Å². The number of methoxy groups -OCH3 is 1. The molecule has 0 radical (unpaired) electrons. The van der Waals surface area contributed by atoms with Gasteiger partial charge in [0, 0.05) is 18.1 Å². The van der Waals surface area contributed by atoms with Crippen molar-refractivity contribution in [1.29, 1.82) is 0 Å². The number of hydrogen-bond acceptors (Lipinski definition) is 6. The van der Waals surface area contributed by atoms with Crippen molar-refractivity contribution in [2.45, 2.75) is 19.4 Å². The first-order valence-corrected chi connectivity index (χ1v) is 10.7. The average Bonchev–Trinajstić information content (AvgIpc) is 3.44. The van der Waals surface area contributed by atoms with Crippen molar-refractivity contribution < 1.29 is 28.8 Å². The summed E-state index contributed by atoms with van der Waals surface area (Å²) >= 11 is 0. The van der Waals surface area contributed by atoms with Crippen LogP contribution in [0.3, 0.4) is 0 Å². The van der Waals surface area contributed by atoms with E-state index in [1.165, 1.54) is 0 Å². The Kier molecular flexibility index (Phi) is 5.48. The topological polar surface area (TPSA) is 87.1 Å². The minimum atomic E-state index is -0.993. The summed E-state index contributed by atoms with van der Waals surface area (Å²) in [6.07, 6.45) is 0. The minimum absolute atomic E-state index is 0.154. The molecule has 1 N–H and O–H groups in total. The molecule has 2 heterocycles. The van der Waals surface area contributed by atoms with E-state index in [0.29, 0.717) is 41.7 Å². The summed E-state index contributed by atoms with van der Waals surface area (Å²) in [4.78, 5) is 17.5. The van der Waals surface area contributed by atoms with E-state index < -0.39 is 11.9 Å². The van der Waals surface area contributed by atoms with Gasteiger partial charge >= 0.3 is 5.97 Å². The number of hydrogen-bond donors (Lipinski definition) is 1. The Morgan fingerprint density at radius 3 is 2.61 bits per heavy atom. The van der Waals surface area contributed by atoms with Crippen molar-refractivity contribution in [2.75, 3.05) is 20.5 Å². The maximum atomic E-state index is 12.7. The molecule has 0 amide bonds. The third-order valence-corrected chi connectivity index (χ3v) is 5.88. The number of fused-ring (bicyclic) bond motifs is 2. The predicted molar refractivity (Wildman–Crippen MR) is 121 cm³/mol. The fourth-order valence-electron chi connectivity index (χ4n) is 4.38. The van der Waals surface area contributed by atoms with Crippen molar-refractivity contribution >= 4 is 11.5 Å². The van der Waals surface area contributed by atoms with Gasteiger partial charge in [0.1, 0.15) is 5.75 Å². The fourth-order valence-corrected chi connectivity index (χ4v) is 4.38. The van der Waals surface area contributed by atoms with Crippen LogP contribution in [0, 0.1) is 0 Å². The molecule has 1 atom stereocenters. The van der Waals surface area contributed by atoms with Crippen molar-refractivity contribution in [3.05, 3.63) is 88.2 Å². The maximum Gasteiger partial charge on any atom is 0.333 e. The maximum absolute atomic E-state index is 12.7.